The number of amides is 1. The van der Waals surface area contributed by atoms with E-state index in [1.165, 1.54) is 0 Å². The van der Waals surface area contributed by atoms with Crippen LogP contribution in [0.15, 0.2) is 73.3 Å². The van der Waals surface area contributed by atoms with Gasteiger partial charge in [-0.1, -0.05) is 30.3 Å². The molecule has 5 rings (SSSR count). The molecule has 2 aromatic carbocycles. The number of piperazine rings is 1. The second-order valence-electron chi connectivity index (χ2n) is 8.27. The lowest BCUT2D eigenvalue weighted by atomic mass is 10.1. The first-order valence-corrected chi connectivity index (χ1v) is 11.0. The average Bonchev–Trinajstić information content (AvgIpc) is 3.30. The molecule has 1 fully saturated rings. The van der Waals surface area contributed by atoms with Crippen molar-refractivity contribution in [2.24, 2.45) is 0 Å². The maximum atomic E-state index is 13.2. The maximum absolute atomic E-state index is 13.2. The Morgan fingerprint density at radius 2 is 1.76 bits per heavy atom. The second-order valence-corrected chi connectivity index (χ2v) is 8.27. The number of rotatable bonds is 5. The number of pyridine rings is 1. The Hall–Kier alpha value is -4.02. The number of carbonyl (C=O) groups is 1. The summed E-state index contributed by atoms with van der Waals surface area (Å²) in [5.74, 6) is 0.0461. The topological polar surface area (TPSA) is 78.0 Å². The zero-order valence-corrected chi connectivity index (χ0v) is 18.3. The van der Waals surface area contributed by atoms with Crippen LogP contribution in [-0.2, 0) is 13.1 Å². The lowest BCUT2D eigenvalue weighted by Crippen LogP contribution is -2.48. The highest BCUT2D eigenvalue weighted by atomic mass is 16.2. The van der Waals surface area contributed by atoms with E-state index in [-0.39, 0.29) is 5.91 Å². The molecule has 0 atom stereocenters. The monoisotopic (exact) mass is 436 g/mol. The third kappa shape index (κ3) is 4.47. The SMILES string of the molecule is N#Cc1ccc(Cn2cncc2CN2CCN(C(=O)c3cccc4cccnc34)CC2)cc1. The van der Waals surface area contributed by atoms with Crippen LogP contribution >= 0.6 is 0 Å². The van der Waals surface area contributed by atoms with Gasteiger partial charge < -0.3 is 9.47 Å². The fraction of sp³-hybridized carbons (Fsp3) is 0.231. The van der Waals surface area contributed by atoms with Crippen molar-refractivity contribution in [1.82, 2.24) is 24.3 Å². The van der Waals surface area contributed by atoms with Gasteiger partial charge in [0.1, 0.15) is 0 Å². The van der Waals surface area contributed by atoms with Gasteiger partial charge in [-0.15, -0.1) is 0 Å². The molecule has 33 heavy (non-hydrogen) atoms. The first kappa shape index (κ1) is 20.9. The molecule has 1 aliphatic rings. The van der Waals surface area contributed by atoms with Crippen molar-refractivity contribution in [1.29, 1.82) is 5.26 Å². The van der Waals surface area contributed by atoms with Crippen molar-refractivity contribution in [3.8, 4) is 6.07 Å². The van der Waals surface area contributed by atoms with Crippen LogP contribution in [0.2, 0.25) is 0 Å². The van der Waals surface area contributed by atoms with Crippen LogP contribution in [0.25, 0.3) is 10.9 Å². The summed E-state index contributed by atoms with van der Waals surface area (Å²) in [7, 11) is 0. The lowest BCUT2D eigenvalue weighted by Gasteiger charge is -2.35. The number of hydrogen-bond donors (Lipinski definition) is 0. The fourth-order valence-corrected chi connectivity index (χ4v) is 4.29. The largest absolute Gasteiger partial charge is 0.336 e. The zero-order valence-electron chi connectivity index (χ0n) is 18.3. The van der Waals surface area contributed by atoms with E-state index in [4.69, 9.17) is 5.26 Å². The lowest BCUT2D eigenvalue weighted by molar-refractivity contribution is 0.0627. The van der Waals surface area contributed by atoms with E-state index in [0.717, 1.165) is 41.8 Å². The van der Waals surface area contributed by atoms with Crippen LogP contribution in [0.3, 0.4) is 0 Å². The van der Waals surface area contributed by atoms with E-state index >= 15 is 0 Å². The highest BCUT2D eigenvalue weighted by Gasteiger charge is 2.24. The van der Waals surface area contributed by atoms with Crippen molar-refractivity contribution < 1.29 is 4.79 Å². The van der Waals surface area contributed by atoms with E-state index in [2.05, 4.69) is 25.5 Å². The number of nitrogens with zero attached hydrogens (tertiary/aromatic N) is 6. The summed E-state index contributed by atoms with van der Waals surface area (Å²) in [6.07, 6.45) is 5.49. The summed E-state index contributed by atoms with van der Waals surface area (Å²) in [6, 6.07) is 19.4. The minimum absolute atomic E-state index is 0.0461. The zero-order chi connectivity index (χ0) is 22.6. The van der Waals surface area contributed by atoms with E-state index in [1.54, 1.807) is 6.20 Å². The molecule has 164 valence electrons. The molecule has 1 aliphatic heterocycles. The van der Waals surface area contributed by atoms with E-state index in [1.807, 2.05) is 72.0 Å². The molecule has 0 N–H and O–H groups in total. The highest BCUT2D eigenvalue weighted by molar-refractivity contribution is 6.05. The molecule has 0 bridgehead atoms. The van der Waals surface area contributed by atoms with Gasteiger partial charge >= 0.3 is 0 Å². The number of benzene rings is 2. The van der Waals surface area contributed by atoms with Crippen molar-refractivity contribution in [2.75, 3.05) is 26.2 Å². The summed E-state index contributed by atoms with van der Waals surface area (Å²) < 4.78 is 2.14. The normalized spacial score (nSPS) is 14.3. The summed E-state index contributed by atoms with van der Waals surface area (Å²) in [6.45, 7) is 4.50. The van der Waals surface area contributed by atoms with Gasteiger partial charge in [-0.05, 0) is 29.8 Å². The first-order chi connectivity index (χ1) is 16.2. The molecule has 0 aliphatic carbocycles. The Morgan fingerprint density at radius 3 is 2.55 bits per heavy atom. The van der Waals surface area contributed by atoms with Crippen molar-refractivity contribution in [3.63, 3.8) is 0 Å². The van der Waals surface area contributed by atoms with Gasteiger partial charge in [0, 0.05) is 57.0 Å². The molecule has 7 nitrogen and oxygen atoms in total. The van der Waals surface area contributed by atoms with Crippen LogP contribution in [0.5, 0.6) is 0 Å². The molecular weight excluding hydrogens is 412 g/mol. The van der Waals surface area contributed by atoms with Crippen LogP contribution in [0.4, 0.5) is 0 Å². The van der Waals surface area contributed by atoms with E-state index in [9.17, 15) is 4.79 Å². The Balaban J connectivity index is 1.21. The average molecular weight is 437 g/mol. The Bertz CT molecular complexity index is 1310. The number of fused-ring (bicyclic) bond motifs is 1. The van der Waals surface area contributed by atoms with E-state index < -0.39 is 0 Å². The van der Waals surface area contributed by atoms with Gasteiger partial charge in [-0.3, -0.25) is 14.7 Å². The van der Waals surface area contributed by atoms with Gasteiger partial charge in [0.2, 0.25) is 0 Å². The minimum Gasteiger partial charge on any atom is -0.336 e. The Kier molecular flexibility index (Phi) is 5.83. The predicted octanol–water partition coefficient (Wildman–Crippen LogP) is 3.31. The Morgan fingerprint density at radius 1 is 0.970 bits per heavy atom. The summed E-state index contributed by atoms with van der Waals surface area (Å²) >= 11 is 0. The standard InChI is InChI=1S/C26H24N6O/c27-15-20-6-8-21(9-7-20)17-32-19-28-16-23(32)18-30-11-13-31(14-12-30)26(33)24-5-1-3-22-4-2-10-29-25(22)24/h1-10,16,19H,11-14,17-18H2. The van der Waals surface area contributed by atoms with Crippen molar-refractivity contribution >= 4 is 16.8 Å². The molecule has 1 saturated heterocycles. The fourth-order valence-electron chi connectivity index (χ4n) is 4.29. The molecule has 1 amide bonds. The summed E-state index contributed by atoms with van der Waals surface area (Å²) in [5, 5.41) is 9.96. The summed E-state index contributed by atoms with van der Waals surface area (Å²) in [4.78, 5) is 26.2. The van der Waals surface area contributed by atoms with Crippen LogP contribution in [-0.4, -0.2) is 56.4 Å². The molecule has 7 heteroatoms. The number of aromatic nitrogens is 3. The molecule has 0 spiro atoms. The van der Waals surface area contributed by atoms with Crippen molar-refractivity contribution in [2.45, 2.75) is 13.1 Å². The molecule has 4 aromatic rings. The molecule has 2 aromatic heterocycles. The van der Waals surface area contributed by atoms with Crippen LogP contribution in [0, 0.1) is 11.3 Å². The highest BCUT2D eigenvalue weighted by Crippen LogP contribution is 2.19. The number of hydrogen-bond acceptors (Lipinski definition) is 5. The Labute approximate surface area is 192 Å². The number of para-hydroxylation sites is 1. The predicted molar refractivity (Wildman–Crippen MR) is 125 cm³/mol. The third-order valence-corrected chi connectivity index (χ3v) is 6.14. The van der Waals surface area contributed by atoms with Gasteiger partial charge in [-0.25, -0.2) is 4.98 Å². The molecular formula is C26H24N6O. The van der Waals surface area contributed by atoms with Crippen LogP contribution in [0.1, 0.15) is 27.2 Å². The quantitative estimate of drug-likeness (QED) is 0.480. The number of carbonyl (C=O) groups excluding carboxylic acids is 1. The number of imidazole rings is 1. The van der Waals surface area contributed by atoms with Crippen LogP contribution < -0.4 is 0 Å². The summed E-state index contributed by atoms with van der Waals surface area (Å²) in [5.41, 5.74) is 4.36. The maximum Gasteiger partial charge on any atom is 0.256 e. The minimum atomic E-state index is 0.0461. The molecule has 0 saturated carbocycles. The smallest absolute Gasteiger partial charge is 0.256 e. The van der Waals surface area contributed by atoms with Gasteiger partial charge in [0.15, 0.2) is 0 Å². The first-order valence-electron chi connectivity index (χ1n) is 11.0. The second kappa shape index (κ2) is 9.23. The molecule has 0 unspecified atom stereocenters. The molecule has 0 radical (unpaired) electrons. The molecule has 3 heterocycles. The third-order valence-electron chi connectivity index (χ3n) is 6.14. The van der Waals surface area contributed by atoms with Gasteiger partial charge in [-0.2, -0.15) is 5.26 Å². The number of nitriles is 1. The van der Waals surface area contributed by atoms with E-state index in [0.29, 0.717) is 30.8 Å². The van der Waals surface area contributed by atoms with Crippen molar-refractivity contribution in [3.05, 3.63) is 95.7 Å². The van der Waals surface area contributed by atoms with Gasteiger partial charge in [0.25, 0.3) is 5.91 Å². The van der Waals surface area contributed by atoms with Gasteiger partial charge in [0.05, 0.1) is 34.7 Å².